The van der Waals surface area contributed by atoms with Crippen molar-refractivity contribution in [1.82, 2.24) is 10.2 Å². The summed E-state index contributed by atoms with van der Waals surface area (Å²) >= 11 is 4.49. The topological polar surface area (TPSA) is 66.9 Å². The fraction of sp³-hybridized carbons (Fsp3) is 0.357. The molecule has 0 fully saturated rings. The highest BCUT2D eigenvalue weighted by Crippen LogP contribution is 2.30. The molecule has 0 aliphatic carbocycles. The maximum absolute atomic E-state index is 12.3. The van der Waals surface area contributed by atoms with Crippen LogP contribution in [-0.4, -0.2) is 34.2 Å². The van der Waals surface area contributed by atoms with Crippen molar-refractivity contribution in [2.45, 2.75) is 28.3 Å². The van der Waals surface area contributed by atoms with E-state index in [9.17, 15) is 4.79 Å². The van der Waals surface area contributed by atoms with Gasteiger partial charge >= 0.3 is 0 Å². The van der Waals surface area contributed by atoms with Crippen molar-refractivity contribution in [3.05, 3.63) is 24.3 Å². The number of nitrogens with one attached hydrogen (secondary N) is 2. The van der Waals surface area contributed by atoms with Crippen LogP contribution in [-0.2, 0) is 4.79 Å². The highest BCUT2D eigenvalue weighted by Gasteiger charge is 2.18. The van der Waals surface area contributed by atoms with Gasteiger partial charge in [0.05, 0.1) is 10.9 Å². The Bertz CT molecular complexity index is 632. The Kier molecular flexibility index (Phi) is 6.53. The summed E-state index contributed by atoms with van der Waals surface area (Å²) in [4.78, 5) is 13.4. The van der Waals surface area contributed by atoms with Gasteiger partial charge in [-0.05, 0) is 32.2 Å². The van der Waals surface area contributed by atoms with Gasteiger partial charge in [-0.15, -0.1) is 22.0 Å². The van der Waals surface area contributed by atoms with E-state index < -0.39 is 0 Å². The molecule has 0 saturated carbocycles. The van der Waals surface area contributed by atoms with E-state index in [1.165, 1.54) is 23.1 Å². The molecule has 0 radical (unpaired) electrons. The lowest BCUT2D eigenvalue weighted by molar-refractivity contribution is -0.115. The summed E-state index contributed by atoms with van der Waals surface area (Å²) < 4.78 is 0.789. The van der Waals surface area contributed by atoms with E-state index in [4.69, 9.17) is 0 Å². The Hall–Kier alpha value is -1.25. The number of benzene rings is 1. The molecule has 1 amide bonds. The van der Waals surface area contributed by atoms with Gasteiger partial charge < -0.3 is 10.6 Å². The molecule has 0 aliphatic heterocycles. The molecule has 5 nitrogen and oxygen atoms in total. The first kappa shape index (κ1) is 17.1. The maximum Gasteiger partial charge on any atom is 0.237 e. The van der Waals surface area contributed by atoms with Crippen LogP contribution in [0.1, 0.15) is 13.8 Å². The van der Waals surface area contributed by atoms with Crippen LogP contribution in [0.15, 0.2) is 33.5 Å². The quantitative estimate of drug-likeness (QED) is 0.737. The largest absolute Gasteiger partial charge is 0.360 e. The molecule has 1 heterocycles. The molecule has 1 aromatic heterocycles. The molecule has 2 rings (SSSR count). The third-order valence-corrected chi connectivity index (χ3v) is 5.61. The van der Waals surface area contributed by atoms with Gasteiger partial charge in [0, 0.05) is 11.4 Å². The number of carbonyl (C=O) groups is 1. The predicted octanol–water partition coefficient (Wildman–Crippen LogP) is 3.81. The normalized spacial score (nSPS) is 12.0. The van der Waals surface area contributed by atoms with Crippen LogP contribution in [0.4, 0.5) is 10.8 Å². The first-order valence-corrected chi connectivity index (χ1v) is 9.74. The van der Waals surface area contributed by atoms with E-state index in [0.717, 1.165) is 26.6 Å². The second-order valence-electron chi connectivity index (χ2n) is 4.35. The average molecular weight is 355 g/mol. The molecule has 0 spiro atoms. The fourth-order valence-corrected chi connectivity index (χ4v) is 4.18. The zero-order valence-corrected chi connectivity index (χ0v) is 15.1. The highest BCUT2D eigenvalue weighted by molar-refractivity contribution is 8.02. The minimum Gasteiger partial charge on any atom is -0.360 e. The Morgan fingerprint density at radius 1 is 1.36 bits per heavy atom. The van der Waals surface area contributed by atoms with Crippen LogP contribution >= 0.6 is 34.9 Å². The molecule has 1 aromatic carbocycles. The van der Waals surface area contributed by atoms with Crippen LogP contribution in [0.25, 0.3) is 0 Å². The van der Waals surface area contributed by atoms with Gasteiger partial charge in [0.25, 0.3) is 0 Å². The van der Waals surface area contributed by atoms with Crippen molar-refractivity contribution >= 4 is 51.6 Å². The lowest BCUT2D eigenvalue weighted by atomic mass is 10.3. The Morgan fingerprint density at radius 3 is 2.86 bits per heavy atom. The number of para-hydroxylation sites is 1. The Morgan fingerprint density at radius 2 is 2.14 bits per heavy atom. The van der Waals surface area contributed by atoms with Gasteiger partial charge in [-0.1, -0.05) is 35.2 Å². The molecule has 2 N–H and O–H groups in total. The van der Waals surface area contributed by atoms with Crippen molar-refractivity contribution in [3.63, 3.8) is 0 Å². The van der Waals surface area contributed by atoms with E-state index in [-0.39, 0.29) is 11.2 Å². The van der Waals surface area contributed by atoms with Crippen molar-refractivity contribution in [1.29, 1.82) is 0 Å². The van der Waals surface area contributed by atoms with Crippen molar-refractivity contribution < 1.29 is 4.79 Å². The number of amides is 1. The van der Waals surface area contributed by atoms with E-state index in [2.05, 4.69) is 20.8 Å². The fourth-order valence-electron chi connectivity index (χ4n) is 1.67. The number of hydrogen-bond acceptors (Lipinski definition) is 7. The lowest BCUT2D eigenvalue weighted by Crippen LogP contribution is -2.22. The molecular formula is C14H18N4OS3. The number of rotatable bonds is 7. The molecule has 8 heteroatoms. The van der Waals surface area contributed by atoms with Crippen LogP contribution < -0.4 is 10.6 Å². The van der Waals surface area contributed by atoms with E-state index in [0.29, 0.717) is 0 Å². The first-order valence-electron chi connectivity index (χ1n) is 6.82. The second kappa shape index (κ2) is 8.40. The van der Waals surface area contributed by atoms with Crippen molar-refractivity contribution in [2.24, 2.45) is 0 Å². The minimum absolute atomic E-state index is 0.0355. The molecule has 0 saturated heterocycles. The second-order valence-corrected chi connectivity index (χ2v) is 7.77. The van der Waals surface area contributed by atoms with Gasteiger partial charge in [-0.3, -0.25) is 4.79 Å². The number of thioether (sulfide) groups is 2. The smallest absolute Gasteiger partial charge is 0.237 e. The number of aromatic nitrogens is 2. The zero-order valence-electron chi connectivity index (χ0n) is 12.6. The summed E-state index contributed by atoms with van der Waals surface area (Å²) in [7, 11) is 0. The number of anilines is 2. The van der Waals surface area contributed by atoms with E-state index >= 15 is 0 Å². The maximum atomic E-state index is 12.3. The molecule has 118 valence electrons. The van der Waals surface area contributed by atoms with Gasteiger partial charge in [0.15, 0.2) is 4.34 Å². The number of carbonyl (C=O) groups excluding carboxylic acids is 1. The molecule has 1 atom stereocenters. The molecule has 1 unspecified atom stereocenters. The van der Waals surface area contributed by atoms with Gasteiger partial charge in [-0.25, -0.2) is 0 Å². The van der Waals surface area contributed by atoms with E-state index in [1.807, 2.05) is 44.4 Å². The Balaban J connectivity index is 1.96. The third-order valence-electron chi connectivity index (χ3n) is 2.75. The summed E-state index contributed by atoms with van der Waals surface area (Å²) in [6.07, 6.45) is 1.99. The number of hydrogen-bond donors (Lipinski definition) is 2. The highest BCUT2D eigenvalue weighted by atomic mass is 32.2. The van der Waals surface area contributed by atoms with Crippen LogP contribution in [0.5, 0.6) is 0 Å². The van der Waals surface area contributed by atoms with E-state index in [1.54, 1.807) is 11.8 Å². The summed E-state index contributed by atoms with van der Waals surface area (Å²) in [5, 5.41) is 14.7. The monoisotopic (exact) mass is 354 g/mol. The molecule has 0 bridgehead atoms. The number of nitrogens with zero attached hydrogens (tertiary/aromatic N) is 2. The molecule has 2 aromatic rings. The summed E-state index contributed by atoms with van der Waals surface area (Å²) in [6, 6.07) is 7.78. The zero-order chi connectivity index (χ0) is 15.9. The van der Waals surface area contributed by atoms with Crippen molar-refractivity contribution in [2.75, 3.05) is 23.4 Å². The van der Waals surface area contributed by atoms with Crippen LogP contribution in [0.3, 0.4) is 0 Å². The van der Waals surface area contributed by atoms with Crippen molar-refractivity contribution in [3.8, 4) is 0 Å². The summed E-state index contributed by atoms with van der Waals surface area (Å²) in [5.41, 5.74) is 0.845. The molecular weight excluding hydrogens is 336 g/mol. The minimum atomic E-state index is -0.239. The average Bonchev–Trinajstić information content (AvgIpc) is 2.95. The van der Waals surface area contributed by atoms with Gasteiger partial charge in [0.2, 0.25) is 11.0 Å². The SMILES string of the molecule is CCNc1nnc(SC(C)C(=O)Nc2ccccc2SC)s1. The van der Waals surface area contributed by atoms with Gasteiger partial charge in [0.1, 0.15) is 0 Å². The van der Waals surface area contributed by atoms with Crippen LogP contribution in [0.2, 0.25) is 0 Å². The summed E-state index contributed by atoms with van der Waals surface area (Å²) in [5.74, 6) is -0.0355. The first-order chi connectivity index (χ1) is 10.6. The standard InChI is InChI=1S/C14H18N4OS3/c1-4-15-13-17-18-14(22-13)21-9(2)12(19)16-10-7-5-6-8-11(10)20-3/h5-9H,4H2,1-3H3,(H,15,17)(H,16,19). The molecule has 22 heavy (non-hydrogen) atoms. The molecule has 0 aliphatic rings. The third kappa shape index (κ3) is 4.62. The lowest BCUT2D eigenvalue weighted by Gasteiger charge is -2.12. The van der Waals surface area contributed by atoms with Crippen LogP contribution in [0, 0.1) is 0 Å². The van der Waals surface area contributed by atoms with Gasteiger partial charge in [-0.2, -0.15) is 0 Å². The predicted molar refractivity (Wildman–Crippen MR) is 96.2 cm³/mol. The Labute approximate surface area is 142 Å². The summed E-state index contributed by atoms with van der Waals surface area (Å²) in [6.45, 7) is 4.68.